The predicted molar refractivity (Wildman–Crippen MR) is 90.2 cm³/mol. The summed E-state index contributed by atoms with van der Waals surface area (Å²) in [5.74, 6) is -1.30. The molecule has 2 rings (SSSR count). The van der Waals surface area contributed by atoms with Crippen LogP contribution in [0.1, 0.15) is 17.2 Å². The smallest absolute Gasteiger partial charge is 0.429 e. The number of esters is 1. The largest absolute Gasteiger partial charge is 0.447 e. The predicted octanol–water partition coefficient (Wildman–Crippen LogP) is 3.52. The normalized spacial score (nSPS) is 13.6. The van der Waals surface area contributed by atoms with Crippen LogP contribution in [0.15, 0.2) is 46.0 Å². The Kier molecular flexibility index (Phi) is 6.09. The number of carbonyl (C=O) groups is 1. The zero-order valence-electron chi connectivity index (χ0n) is 13.9. The van der Waals surface area contributed by atoms with Gasteiger partial charge in [0.2, 0.25) is 6.10 Å². The van der Waals surface area contributed by atoms with Crippen molar-refractivity contribution < 1.29 is 31.1 Å². The van der Waals surface area contributed by atoms with Crippen LogP contribution in [0.4, 0.5) is 13.2 Å². The van der Waals surface area contributed by atoms with E-state index in [1.165, 1.54) is 41.8 Å². The van der Waals surface area contributed by atoms with Gasteiger partial charge in [0.15, 0.2) is 0 Å². The van der Waals surface area contributed by atoms with Gasteiger partial charge < -0.3 is 4.74 Å². The number of hydrogen-bond donors (Lipinski definition) is 0. The molecule has 0 radical (unpaired) electrons. The lowest BCUT2D eigenvalue weighted by atomic mass is 10.1. The Morgan fingerprint density at radius 3 is 2.35 bits per heavy atom. The molecular weight excluding hydrogens is 391 g/mol. The van der Waals surface area contributed by atoms with Crippen molar-refractivity contribution in [2.45, 2.75) is 23.4 Å². The number of rotatable bonds is 6. The molecule has 1 aromatic carbocycles. The maximum atomic E-state index is 13.3. The van der Waals surface area contributed by atoms with Crippen LogP contribution in [0, 0.1) is 6.92 Å². The average molecular weight is 407 g/mol. The molecule has 0 saturated heterocycles. The highest BCUT2D eigenvalue weighted by atomic mass is 32.2. The molecule has 1 atom stereocenters. The van der Waals surface area contributed by atoms with E-state index >= 15 is 0 Å². The number of ether oxygens (including phenoxy) is 1. The summed E-state index contributed by atoms with van der Waals surface area (Å²) in [6.07, 6.45) is -7.29. The van der Waals surface area contributed by atoms with Crippen molar-refractivity contribution in [1.29, 1.82) is 0 Å². The van der Waals surface area contributed by atoms with Gasteiger partial charge in [-0.15, -0.1) is 11.3 Å². The summed E-state index contributed by atoms with van der Waals surface area (Å²) in [5, 5.41) is 1.54. The summed E-state index contributed by atoms with van der Waals surface area (Å²) in [6, 6.07) is 8.22. The van der Waals surface area contributed by atoms with Crippen LogP contribution in [-0.2, 0) is 19.6 Å². The first-order valence-corrected chi connectivity index (χ1v) is 9.66. The molecule has 0 aliphatic rings. The molecule has 0 aliphatic heterocycles. The minimum atomic E-state index is -4.82. The van der Waals surface area contributed by atoms with Gasteiger partial charge in [0, 0.05) is 12.6 Å². The zero-order valence-corrected chi connectivity index (χ0v) is 15.5. The number of alkyl halides is 3. The van der Waals surface area contributed by atoms with E-state index in [0.29, 0.717) is 4.31 Å². The van der Waals surface area contributed by atoms with Gasteiger partial charge in [-0.25, -0.2) is 8.42 Å². The van der Waals surface area contributed by atoms with E-state index in [1.54, 1.807) is 6.92 Å². The van der Waals surface area contributed by atoms with E-state index in [4.69, 9.17) is 0 Å². The molecule has 142 valence electrons. The molecule has 0 saturated carbocycles. The summed E-state index contributed by atoms with van der Waals surface area (Å²) in [6.45, 7) is 0.876. The second-order valence-corrected chi connectivity index (χ2v) is 8.73. The third-order valence-corrected chi connectivity index (χ3v) is 6.61. The van der Waals surface area contributed by atoms with Gasteiger partial charge >= 0.3 is 12.1 Å². The first kappa shape index (κ1) is 20.4. The summed E-state index contributed by atoms with van der Waals surface area (Å²) in [4.78, 5) is 11.9. The Labute approximate surface area is 153 Å². The van der Waals surface area contributed by atoms with E-state index in [-0.39, 0.29) is 9.77 Å². The van der Waals surface area contributed by atoms with Crippen molar-refractivity contribution in [2.24, 2.45) is 0 Å². The van der Waals surface area contributed by atoms with Gasteiger partial charge in [0.25, 0.3) is 10.0 Å². The van der Waals surface area contributed by atoms with Crippen LogP contribution in [0.5, 0.6) is 0 Å². The minimum absolute atomic E-state index is 0.0151. The number of halogens is 3. The van der Waals surface area contributed by atoms with Gasteiger partial charge in [-0.1, -0.05) is 35.9 Å². The molecule has 1 heterocycles. The minimum Gasteiger partial charge on any atom is -0.447 e. The maximum Gasteiger partial charge on any atom is 0.429 e. The van der Waals surface area contributed by atoms with Crippen molar-refractivity contribution in [2.75, 3.05) is 13.6 Å². The fraction of sp³-hybridized carbons (Fsp3) is 0.312. The Bertz CT molecular complexity index is 847. The molecule has 26 heavy (non-hydrogen) atoms. The standard InChI is InChI=1S/C16H16F3NO4S2/c1-11-5-7-12(8-6-11)15(16(17,18)19)24-13(21)10-20(2)26(22,23)14-4-3-9-25-14/h3-9,15H,10H2,1-2H3/t15-/m1/s1. The number of likely N-dealkylation sites (N-methyl/N-ethyl adjacent to an activating group) is 1. The molecule has 0 unspecified atom stereocenters. The number of sulfonamides is 1. The quantitative estimate of drug-likeness (QED) is 0.688. The number of benzene rings is 1. The molecule has 0 amide bonds. The summed E-state index contributed by atoms with van der Waals surface area (Å²) < 4.78 is 69.4. The van der Waals surface area contributed by atoms with Crippen molar-refractivity contribution in [3.63, 3.8) is 0 Å². The van der Waals surface area contributed by atoms with Gasteiger partial charge in [0.1, 0.15) is 10.8 Å². The highest BCUT2D eigenvalue weighted by Gasteiger charge is 2.44. The molecule has 0 fully saturated rings. The lowest BCUT2D eigenvalue weighted by Crippen LogP contribution is -2.35. The SMILES string of the molecule is Cc1ccc([C@@H](OC(=O)CN(C)S(=O)(=O)c2cccs2)C(F)(F)F)cc1. The van der Waals surface area contributed by atoms with E-state index in [2.05, 4.69) is 4.74 Å². The summed E-state index contributed by atoms with van der Waals surface area (Å²) >= 11 is 0.940. The molecule has 0 N–H and O–H groups in total. The number of aryl methyl sites for hydroxylation is 1. The van der Waals surface area contributed by atoms with Crippen molar-refractivity contribution in [3.8, 4) is 0 Å². The van der Waals surface area contributed by atoms with E-state index in [0.717, 1.165) is 23.9 Å². The molecule has 2 aromatic rings. The third-order valence-electron chi connectivity index (χ3n) is 3.44. The average Bonchev–Trinajstić information content (AvgIpc) is 3.07. The summed E-state index contributed by atoms with van der Waals surface area (Å²) in [5.41, 5.74) is 0.517. The Hall–Kier alpha value is -1.91. The molecule has 0 aliphatic carbocycles. The fourth-order valence-corrected chi connectivity index (χ4v) is 4.38. The fourth-order valence-electron chi connectivity index (χ4n) is 2.06. The number of carbonyl (C=O) groups excluding carboxylic acids is 1. The van der Waals surface area contributed by atoms with Gasteiger partial charge in [0.05, 0.1) is 0 Å². The Morgan fingerprint density at radius 2 is 1.85 bits per heavy atom. The number of nitrogens with zero attached hydrogens (tertiary/aromatic N) is 1. The molecule has 0 bridgehead atoms. The molecular formula is C16H16F3NO4S2. The van der Waals surface area contributed by atoms with Gasteiger partial charge in [-0.05, 0) is 18.4 Å². The van der Waals surface area contributed by atoms with Gasteiger partial charge in [-0.3, -0.25) is 4.79 Å². The van der Waals surface area contributed by atoms with Crippen LogP contribution >= 0.6 is 11.3 Å². The van der Waals surface area contributed by atoms with Crippen LogP contribution in [0.2, 0.25) is 0 Å². The highest BCUT2D eigenvalue weighted by molar-refractivity contribution is 7.91. The van der Waals surface area contributed by atoms with Crippen LogP contribution in [0.3, 0.4) is 0 Å². The first-order valence-electron chi connectivity index (χ1n) is 7.34. The van der Waals surface area contributed by atoms with Crippen LogP contribution in [0.25, 0.3) is 0 Å². The maximum absolute atomic E-state index is 13.3. The summed E-state index contributed by atoms with van der Waals surface area (Å²) in [7, 11) is -2.86. The zero-order chi connectivity index (χ0) is 19.5. The topological polar surface area (TPSA) is 63.7 Å². The Morgan fingerprint density at radius 1 is 1.23 bits per heavy atom. The van der Waals surface area contributed by atoms with Crippen molar-refractivity contribution in [1.82, 2.24) is 4.31 Å². The monoisotopic (exact) mass is 407 g/mol. The van der Waals surface area contributed by atoms with Crippen LogP contribution < -0.4 is 0 Å². The van der Waals surface area contributed by atoms with Crippen molar-refractivity contribution in [3.05, 3.63) is 52.9 Å². The lowest BCUT2D eigenvalue weighted by molar-refractivity contribution is -0.224. The molecule has 5 nitrogen and oxygen atoms in total. The number of hydrogen-bond acceptors (Lipinski definition) is 5. The second-order valence-electron chi connectivity index (χ2n) is 5.52. The van der Waals surface area contributed by atoms with Gasteiger partial charge in [-0.2, -0.15) is 17.5 Å². The Balaban J connectivity index is 2.14. The lowest BCUT2D eigenvalue weighted by Gasteiger charge is -2.22. The molecule has 0 spiro atoms. The second kappa shape index (κ2) is 7.77. The van der Waals surface area contributed by atoms with Crippen molar-refractivity contribution >= 4 is 27.3 Å². The van der Waals surface area contributed by atoms with Crippen LogP contribution in [-0.4, -0.2) is 38.5 Å². The first-order chi connectivity index (χ1) is 12.0. The molecule has 10 heteroatoms. The number of thiophene rings is 1. The van der Waals surface area contributed by atoms with E-state index in [9.17, 15) is 26.4 Å². The van der Waals surface area contributed by atoms with E-state index < -0.39 is 34.8 Å². The highest BCUT2D eigenvalue weighted by Crippen LogP contribution is 2.36. The molecule has 1 aromatic heterocycles. The van der Waals surface area contributed by atoms with E-state index in [1.807, 2.05) is 0 Å². The third kappa shape index (κ3) is 4.83.